The number of rotatable bonds is 6. The molecule has 2 fully saturated rings. The molecule has 1 nitrogen and oxygen atoms in total. The Kier molecular flexibility index (Phi) is 7.34. The first kappa shape index (κ1) is 23.4. The molecule has 2 aliphatic carbocycles. The summed E-state index contributed by atoms with van der Waals surface area (Å²) in [7, 11) is 0. The number of alkyl halides is 2. The smallest absolute Gasteiger partial charge is 0.309 e. The van der Waals surface area contributed by atoms with E-state index in [1.54, 1.807) is 19.1 Å². The maximum Gasteiger partial charge on any atom is 0.383 e. The lowest BCUT2D eigenvalue weighted by atomic mass is 9.79. The summed E-state index contributed by atoms with van der Waals surface area (Å²) in [6.07, 6.45) is 5.76. The molecule has 0 N–H and O–H groups in total. The van der Waals surface area contributed by atoms with E-state index in [0.717, 1.165) is 30.2 Å². The van der Waals surface area contributed by atoms with E-state index in [0.29, 0.717) is 11.8 Å². The van der Waals surface area contributed by atoms with Gasteiger partial charge in [0.15, 0.2) is 0 Å². The van der Waals surface area contributed by atoms with E-state index >= 15 is 0 Å². The Bertz CT molecular complexity index is 842. The van der Waals surface area contributed by atoms with Gasteiger partial charge in [-0.05, 0) is 73.0 Å². The van der Waals surface area contributed by atoms with Gasteiger partial charge in [0.25, 0.3) is 0 Å². The molecule has 0 saturated heterocycles. The lowest BCUT2D eigenvalue weighted by Gasteiger charge is -2.27. The van der Waals surface area contributed by atoms with E-state index in [4.69, 9.17) is 4.74 Å². The van der Waals surface area contributed by atoms with Gasteiger partial charge in [0.2, 0.25) is 0 Å². The molecule has 3 heteroatoms. The monoisotopic (exact) mass is 440 g/mol. The molecular weight excluding hydrogens is 402 g/mol. The molecule has 174 valence electrons. The van der Waals surface area contributed by atoms with Crippen LogP contribution in [0, 0.1) is 11.8 Å². The first-order chi connectivity index (χ1) is 15.3. The minimum atomic E-state index is -3.31. The second kappa shape index (κ2) is 10.0. The van der Waals surface area contributed by atoms with Gasteiger partial charge < -0.3 is 4.74 Å². The van der Waals surface area contributed by atoms with Crippen molar-refractivity contribution >= 4 is 0 Å². The van der Waals surface area contributed by atoms with Crippen LogP contribution in [0.25, 0.3) is 0 Å². The van der Waals surface area contributed by atoms with Crippen molar-refractivity contribution in [2.45, 2.75) is 96.2 Å². The van der Waals surface area contributed by atoms with E-state index in [2.05, 4.69) is 26.0 Å². The van der Waals surface area contributed by atoms with Gasteiger partial charge in [-0.2, -0.15) is 8.78 Å². The van der Waals surface area contributed by atoms with Crippen LogP contribution in [0.4, 0.5) is 8.78 Å². The molecule has 0 aromatic heterocycles. The second-order valence-electron chi connectivity index (χ2n) is 10.5. The maximum absolute atomic E-state index is 14.9. The zero-order valence-corrected chi connectivity index (χ0v) is 19.8. The Morgan fingerprint density at radius 2 is 1.09 bits per heavy atom. The Morgan fingerprint density at radius 1 is 0.688 bits per heavy atom. The van der Waals surface area contributed by atoms with Crippen molar-refractivity contribution in [2.24, 2.45) is 11.8 Å². The van der Waals surface area contributed by atoms with Gasteiger partial charge in [0.05, 0.1) is 11.7 Å². The highest BCUT2D eigenvalue weighted by Crippen LogP contribution is 2.40. The average Bonchev–Trinajstić information content (AvgIpc) is 2.80. The molecule has 2 aromatic carbocycles. The van der Waals surface area contributed by atoms with E-state index in [9.17, 15) is 8.78 Å². The van der Waals surface area contributed by atoms with Gasteiger partial charge in [0.1, 0.15) is 0 Å². The predicted molar refractivity (Wildman–Crippen MR) is 127 cm³/mol. The Balaban J connectivity index is 1.37. The molecule has 0 spiro atoms. The van der Waals surface area contributed by atoms with Crippen molar-refractivity contribution < 1.29 is 13.5 Å². The molecule has 4 rings (SSSR count). The number of hydrogen-bond donors (Lipinski definition) is 0. The zero-order chi connectivity index (χ0) is 22.7. The van der Waals surface area contributed by atoms with Crippen LogP contribution in [0.5, 0.6) is 0 Å². The molecule has 2 saturated carbocycles. The van der Waals surface area contributed by atoms with Gasteiger partial charge >= 0.3 is 6.11 Å². The molecule has 0 heterocycles. The van der Waals surface area contributed by atoms with Crippen molar-refractivity contribution in [3.63, 3.8) is 0 Å². The van der Waals surface area contributed by atoms with Crippen molar-refractivity contribution in [1.82, 2.24) is 0 Å². The van der Waals surface area contributed by atoms with Crippen molar-refractivity contribution in [3.05, 3.63) is 70.8 Å². The van der Waals surface area contributed by atoms with Crippen LogP contribution in [0.15, 0.2) is 48.5 Å². The molecule has 0 amide bonds. The number of hydrogen-bond acceptors (Lipinski definition) is 1. The van der Waals surface area contributed by atoms with Crippen LogP contribution in [0.2, 0.25) is 0 Å². The van der Waals surface area contributed by atoms with Gasteiger partial charge in [-0.25, -0.2) is 0 Å². The highest BCUT2D eigenvalue weighted by atomic mass is 19.3. The highest BCUT2D eigenvalue weighted by Gasteiger charge is 2.35. The fourth-order valence-electron chi connectivity index (χ4n) is 5.53. The van der Waals surface area contributed by atoms with Gasteiger partial charge in [-0.3, -0.25) is 0 Å². The SMILES string of the molecule is CC1CCC(c2ccc(C(C)OC(F)(F)c3ccc(C4CCC(C)CC4)cc3)cc2)CC1. The predicted octanol–water partition coefficient (Wildman–Crippen LogP) is 9.10. The minimum Gasteiger partial charge on any atom is -0.309 e. The van der Waals surface area contributed by atoms with Crippen molar-refractivity contribution in [1.29, 1.82) is 0 Å². The summed E-state index contributed by atoms with van der Waals surface area (Å²) < 4.78 is 35.1. The topological polar surface area (TPSA) is 9.23 Å². The lowest BCUT2D eigenvalue weighted by Crippen LogP contribution is -2.20. The maximum atomic E-state index is 14.9. The Labute approximate surface area is 192 Å². The summed E-state index contributed by atoms with van der Waals surface area (Å²) in [5.41, 5.74) is 3.24. The average molecular weight is 441 g/mol. The molecular formula is C29H38F2O. The van der Waals surface area contributed by atoms with Crippen molar-refractivity contribution in [3.8, 4) is 0 Å². The minimum absolute atomic E-state index is 0.0646. The van der Waals surface area contributed by atoms with Crippen LogP contribution in [-0.2, 0) is 10.8 Å². The summed E-state index contributed by atoms with van der Waals surface area (Å²) in [6.45, 7) is 6.33. The third-order valence-corrected chi connectivity index (χ3v) is 7.95. The summed E-state index contributed by atoms with van der Waals surface area (Å²) >= 11 is 0. The van der Waals surface area contributed by atoms with E-state index in [1.165, 1.54) is 49.7 Å². The molecule has 0 bridgehead atoms. The van der Waals surface area contributed by atoms with Crippen LogP contribution in [0.1, 0.15) is 112 Å². The Morgan fingerprint density at radius 3 is 1.53 bits per heavy atom. The quantitative estimate of drug-likeness (QED) is 0.435. The molecule has 1 unspecified atom stereocenters. The van der Waals surface area contributed by atoms with Crippen LogP contribution in [0.3, 0.4) is 0 Å². The summed E-state index contributed by atoms with van der Waals surface area (Å²) in [5, 5.41) is 0. The second-order valence-corrected chi connectivity index (χ2v) is 10.5. The summed E-state index contributed by atoms with van der Waals surface area (Å²) in [5.74, 6) is 2.70. The molecule has 2 aliphatic rings. The van der Waals surface area contributed by atoms with E-state index in [-0.39, 0.29) is 5.56 Å². The fourth-order valence-corrected chi connectivity index (χ4v) is 5.53. The normalized spacial score (nSPS) is 27.8. The standard InChI is InChI=1S/C29H38F2O/c1-20-4-8-24(9-5-20)26-14-12-23(13-15-26)22(3)32-29(30,31)28-18-16-27(17-19-28)25-10-6-21(2)7-11-25/h12-22,24-25H,4-11H2,1-3H3. The first-order valence-electron chi connectivity index (χ1n) is 12.6. The number of ether oxygens (including phenoxy) is 1. The number of benzene rings is 2. The van der Waals surface area contributed by atoms with Crippen LogP contribution in [-0.4, -0.2) is 0 Å². The number of halogens is 2. The van der Waals surface area contributed by atoms with Crippen molar-refractivity contribution in [2.75, 3.05) is 0 Å². The fraction of sp³-hybridized carbons (Fsp3) is 0.586. The van der Waals surface area contributed by atoms with E-state index < -0.39 is 12.2 Å². The lowest BCUT2D eigenvalue weighted by molar-refractivity contribution is -0.272. The first-order valence-corrected chi connectivity index (χ1v) is 12.6. The van der Waals surface area contributed by atoms with E-state index in [1.807, 2.05) is 24.3 Å². The third-order valence-electron chi connectivity index (χ3n) is 7.95. The summed E-state index contributed by atoms with van der Waals surface area (Å²) in [6, 6.07) is 15.0. The van der Waals surface area contributed by atoms with Crippen LogP contribution < -0.4 is 0 Å². The van der Waals surface area contributed by atoms with Crippen LogP contribution >= 0.6 is 0 Å². The zero-order valence-electron chi connectivity index (χ0n) is 19.8. The summed E-state index contributed by atoms with van der Waals surface area (Å²) in [4.78, 5) is 0. The third kappa shape index (κ3) is 5.60. The Hall–Kier alpha value is -1.74. The molecule has 2 aromatic rings. The van der Waals surface area contributed by atoms with Gasteiger partial charge in [-0.15, -0.1) is 0 Å². The molecule has 32 heavy (non-hydrogen) atoms. The molecule has 1 atom stereocenters. The highest BCUT2D eigenvalue weighted by molar-refractivity contribution is 5.29. The molecule has 0 aliphatic heterocycles. The van der Waals surface area contributed by atoms with Gasteiger partial charge in [-0.1, -0.05) is 88.1 Å². The largest absolute Gasteiger partial charge is 0.383 e. The molecule has 0 radical (unpaired) electrons. The van der Waals surface area contributed by atoms with Gasteiger partial charge in [0, 0.05) is 0 Å².